The first-order valence-electron chi connectivity index (χ1n) is 5.45. The zero-order chi connectivity index (χ0) is 13.1. The zero-order valence-electron chi connectivity index (χ0n) is 9.54. The molecule has 1 N–H and O–H groups in total. The van der Waals surface area contributed by atoms with E-state index in [1.807, 2.05) is 0 Å². The second-order valence-corrected chi connectivity index (χ2v) is 4.11. The standard InChI is InChI=1S/C10H16F3NO3/c1-7-2-3-8(17-7)9(16)14(4-5-15)6-10(11,12)13/h7-8,15H,2-6H2,1H3. The van der Waals surface area contributed by atoms with E-state index < -0.39 is 31.3 Å². The molecule has 0 aromatic heterocycles. The summed E-state index contributed by atoms with van der Waals surface area (Å²) in [4.78, 5) is 12.3. The summed E-state index contributed by atoms with van der Waals surface area (Å²) in [5, 5.41) is 8.68. The number of carbonyl (C=O) groups excluding carboxylic acids is 1. The van der Waals surface area contributed by atoms with Crippen molar-refractivity contribution >= 4 is 5.91 Å². The second-order valence-electron chi connectivity index (χ2n) is 4.11. The first-order chi connectivity index (χ1) is 7.83. The van der Waals surface area contributed by atoms with Crippen molar-refractivity contribution in [3.63, 3.8) is 0 Å². The molecule has 0 saturated carbocycles. The molecule has 0 aromatic rings. The van der Waals surface area contributed by atoms with Crippen molar-refractivity contribution in [1.29, 1.82) is 0 Å². The van der Waals surface area contributed by atoms with Crippen molar-refractivity contribution in [3.05, 3.63) is 0 Å². The summed E-state index contributed by atoms with van der Waals surface area (Å²) in [6, 6.07) is 0. The maximum Gasteiger partial charge on any atom is 0.406 e. The molecule has 1 aliphatic rings. The average molecular weight is 255 g/mol. The average Bonchev–Trinajstić information content (AvgIpc) is 2.61. The Labute approximate surface area is 97.3 Å². The molecule has 1 heterocycles. The molecule has 1 saturated heterocycles. The quantitative estimate of drug-likeness (QED) is 0.813. The fraction of sp³-hybridized carbons (Fsp3) is 0.900. The van der Waals surface area contributed by atoms with E-state index >= 15 is 0 Å². The third-order valence-electron chi connectivity index (χ3n) is 2.56. The maximum absolute atomic E-state index is 12.2. The van der Waals surface area contributed by atoms with Crippen LogP contribution in [0.2, 0.25) is 0 Å². The number of hydrogen-bond acceptors (Lipinski definition) is 3. The Morgan fingerprint density at radius 1 is 1.47 bits per heavy atom. The lowest BCUT2D eigenvalue weighted by Crippen LogP contribution is -2.45. The van der Waals surface area contributed by atoms with E-state index in [0.717, 1.165) is 0 Å². The summed E-state index contributed by atoms with van der Waals surface area (Å²) in [5.41, 5.74) is 0. The number of halogens is 3. The Kier molecular flexibility index (Phi) is 4.76. The Morgan fingerprint density at radius 3 is 2.53 bits per heavy atom. The second kappa shape index (κ2) is 5.68. The lowest BCUT2D eigenvalue weighted by Gasteiger charge is -2.25. The highest BCUT2D eigenvalue weighted by molar-refractivity contribution is 5.81. The molecule has 1 fully saturated rings. The smallest absolute Gasteiger partial charge is 0.395 e. The van der Waals surface area contributed by atoms with Crippen LogP contribution in [0.5, 0.6) is 0 Å². The SMILES string of the molecule is CC1CCC(C(=O)N(CCO)CC(F)(F)F)O1. The highest BCUT2D eigenvalue weighted by atomic mass is 19.4. The summed E-state index contributed by atoms with van der Waals surface area (Å²) < 4.78 is 41.9. The van der Waals surface area contributed by atoms with Crippen molar-refractivity contribution < 1.29 is 27.8 Å². The monoisotopic (exact) mass is 255 g/mol. The van der Waals surface area contributed by atoms with Crippen molar-refractivity contribution in [2.45, 2.75) is 38.1 Å². The van der Waals surface area contributed by atoms with Crippen molar-refractivity contribution in [2.24, 2.45) is 0 Å². The van der Waals surface area contributed by atoms with Crippen molar-refractivity contribution in [2.75, 3.05) is 19.7 Å². The van der Waals surface area contributed by atoms with Gasteiger partial charge in [-0.1, -0.05) is 0 Å². The molecule has 1 rings (SSSR count). The molecule has 7 heteroatoms. The molecule has 0 spiro atoms. The highest BCUT2D eigenvalue weighted by Gasteiger charge is 2.37. The number of aliphatic hydroxyl groups is 1. The van der Waals surface area contributed by atoms with Crippen LogP contribution in [0.25, 0.3) is 0 Å². The minimum Gasteiger partial charge on any atom is -0.395 e. The van der Waals surface area contributed by atoms with E-state index in [2.05, 4.69) is 0 Å². The molecule has 1 aliphatic heterocycles. The van der Waals surface area contributed by atoms with Crippen LogP contribution in [0.1, 0.15) is 19.8 Å². The Morgan fingerprint density at radius 2 is 2.12 bits per heavy atom. The number of aliphatic hydroxyl groups excluding tert-OH is 1. The third kappa shape index (κ3) is 4.51. The van der Waals surface area contributed by atoms with Crippen LogP contribution in [0, 0.1) is 0 Å². The Balaban J connectivity index is 2.60. The van der Waals surface area contributed by atoms with Crippen molar-refractivity contribution in [1.82, 2.24) is 4.90 Å². The van der Waals surface area contributed by atoms with Gasteiger partial charge in [-0.05, 0) is 19.8 Å². The summed E-state index contributed by atoms with van der Waals surface area (Å²) in [6.45, 7) is -0.398. The van der Waals surface area contributed by atoms with Crippen LogP contribution >= 0.6 is 0 Å². The molecule has 0 radical (unpaired) electrons. The van der Waals surface area contributed by atoms with E-state index in [1.54, 1.807) is 6.92 Å². The zero-order valence-corrected chi connectivity index (χ0v) is 9.54. The largest absolute Gasteiger partial charge is 0.406 e. The Hall–Kier alpha value is -0.820. The van der Waals surface area contributed by atoms with Crippen LogP contribution in [0.3, 0.4) is 0 Å². The van der Waals surface area contributed by atoms with Gasteiger partial charge in [-0.15, -0.1) is 0 Å². The van der Waals surface area contributed by atoms with Crippen LogP contribution in [0.4, 0.5) is 13.2 Å². The molecule has 0 bridgehead atoms. The first kappa shape index (κ1) is 14.2. The highest BCUT2D eigenvalue weighted by Crippen LogP contribution is 2.23. The van der Waals surface area contributed by atoms with E-state index in [-0.39, 0.29) is 12.6 Å². The fourth-order valence-electron chi connectivity index (χ4n) is 1.79. The summed E-state index contributed by atoms with van der Waals surface area (Å²) in [7, 11) is 0. The lowest BCUT2D eigenvalue weighted by molar-refractivity contribution is -0.168. The van der Waals surface area contributed by atoms with E-state index in [4.69, 9.17) is 9.84 Å². The van der Waals surface area contributed by atoms with Gasteiger partial charge in [0.25, 0.3) is 5.91 Å². The minimum absolute atomic E-state index is 0.106. The Bertz CT molecular complexity index is 270. The van der Waals surface area contributed by atoms with Crippen LogP contribution in [-0.2, 0) is 9.53 Å². The lowest BCUT2D eigenvalue weighted by atomic mass is 10.2. The van der Waals surface area contributed by atoms with E-state index in [1.165, 1.54) is 0 Å². The van der Waals surface area contributed by atoms with Crippen LogP contribution in [0.15, 0.2) is 0 Å². The number of amides is 1. The minimum atomic E-state index is -4.46. The first-order valence-corrected chi connectivity index (χ1v) is 5.45. The molecular formula is C10H16F3NO3. The molecule has 0 aromatic carbocycles. The van der Waals surface area contributed by atoms with E-state index in [0.29, 0.717) is 17.7 Å². The predicted molar refractivity (Wildman–Crippen MR) is 53.3 cm³/mol. The topological polar surface area (TPSA) is 49.8 Å². The molecule has 1 amide bonds. The molecule has 100 valence electrons. The number of rotatable bonds is 4. The van der Waals surface area contributed by atoms with Gasteiger partial charge in [-0.2, -0.15) is 13.2 Å². The fourth-order valence-corrected chi connectivity index (χ4v) is 1.79. The van der Waals surface area contributed by atoms with Crippen molar-refractivity contribution in [3.8, 4) is 0 Å². The van der Waals surface area contributed by atoms with Gasteiger partial charge in [-0.3, -0.25) is 4.79 Å². The number of alkyl halides is 3. The molecule has 2 atom stereocenters. The van der Waals surface area contributed by atoms with Gasteiger partial charge in [0.05, 0.1) is 12.7 Å². The molecule has 17 heavy (non-hydrogen) atoms. The number of nitrogens with zero attached hydrogens (tertiary/aromatic N) is 1. The van der Waals surface area contributed by atoms with Crippen LogP contribution in [-0.4, -0.2) is 54.0 Å². The van der Waals surface area contributed by atoms with Gasteiger partial charge in [0, 0.05) is 6.54 Å². The number of ether oxygens (including phenoxy) is 1. The molecular weight excluding hydrogens is 239 g/mol. The summed E-state index contributed by atoms with van der Waals surface area (Å²) >= 11 is 0. The third-order valence-corrected chi connectivity index (χ3v) is 2.56. The summed E-state index contributed by atoms with van der Waals surface area (Å²) in [5.74, 6) is -0.694. The summed E-state index contributed by atoms with van der Waals surface area (Å²) in [6.07, 6.45) is -4.28. The normalized spacial score (nSPS) is 25.0. The number of carbonyl (C=O) groups is 1. The van der Waals surface area contributed by atoms with Gasteiger partial charge in [-0.25, -0.2) is 0 Å². The number of hydrogen-bond donors (Lipinski definition) is 1. The van der Waals surface area contributed by atoms with Gasteiger partial charge in [0.2, 0.25) is 0 Å². The predicted octanol–water partition coefficient (Wildman–Crippen LogP) is 0.937. The molecule has 0 aliphatic carbocycles. The molecule has 4 nitrogen and oxygen atoms in total. The van der Waals surface area contributed by atoms with Gasteiger partial charge >= 0.3 is 6.18 Å². The van der Waals surface area contributed by atoms with E-state index in [9.17, 15) is 18.0 Å². The van der Waals surface area contributed by atoms with Crippen LogP contribution < -0.4 is 0 Å². The van der Waals surface area contributed by atoms with Gasteiger partial charge in [0.15, 0.2) is 0 Å². The van der Waals surface area contributed by atoms with Gasteiger partial charge < -0.3 is 14.7 Å². The molecule has 2 unspecified atom stereocenters. The maximum atomic E-state index is 12.2. The van der Waals surface area contributed by atoms with Gasteiger partial charge in [0.1, 0.15) is 12.6 Å².